The molecule has 0 bridgehead atoms. The number of allylic oxidation sites excluding steroid dienone is 2. The Hall–Kier alpha value is -2.55. The number of fused-ring (bicyclic) bond motifs is 3. The fraction of sp³-hybridized carbons (Fsp3) is 0.656. The molecule has 1 aromatic rings. The van der Waals surface area contributed by atoms with Crippen LogP contribution in [0.25, 0.3) is 0 Å². The molecule has 8 heteroatoms. The van der Waals surface area contributed by atoms with Gasteiger partial charge in [0.15, 0.2) is 17.2 Å². The minimum Gasteiger partial charge on any atom is -0.507 e. The molecule has 0 heterocycles. The lowest BCUT2D eigenvalue weighted by atomic mass is 9.39. The number of phenols is 1. The number of amides is 1. The van der Waals surface area contributed by atoms with E-state index in [-0.39, 0.29) is 35.5 Å². The van der Waals surface area contributed by atoms with Crippen LogP contribution in [0.15, 0.2) is 18.2 Å². The van der Waals surface area contributed by atoms with E-state index in [1.54, 1.807) is 6.92 Å². The third kappa shape index (κ3) is 3.58. The maximum atomic E-state index is 14.5. The third-order valence-corrected chi connectivity index (χ3v) is 10.9. The lowest BCUT2D eigenvalue weighted by Gasteiger charge is -2.66. The van der Waals surface area contributed by atoms with Crippen molar-refractivity contribution in [2.24, 2.45) is 40.2 Å². The zero-order valence-corrected chi connectivity index (χ0v) is 24.3. The number of nitrogens with two attached hydrogens (primary N) is 1. The topological polar surface area (TPSA) is 158 Å². The van der Waals surface area contributed by atoms with Gasteiger partial charge in [-0.05, 0) is 60.0 Å². The molecule has 4 aliphatic rings. The van der Waals surface area contributed by atoms with Crippen molar-refractivity contribution >= 4 is 17.5 Å². The Bertz CT molecular complexity index is 1320. The number of hydrogen-bond donors (Lipinski definition) is 5. The number of benzene rings is 1. The summed E-state index contributed by atoms with van der Waals surface area (Å²) in [4.78, 5) is 40.7. The monoisotopic (exact) mass is 553 g/mol. The highest BCUT2D eigenvalue weighted by atomic mass is 16.4. The predicted molar refractivity (Wildman–Crippen MR) is 149 cm³/mol. The highest BCUT2D eigenvalue weighted by Gasteiger charge is 2.76. The molecule has 0 radical (unpaired) electrons. The van der Waals surface area contributed by atoms with Gasteiger partial charge in [-0.15, -0.1) is 0 Å². The molecule has 1 aromatic carbocycles. The maximum absolute atomic E-state index is 14.5. The van der Waals surface area contributed by atoms with Gasteiger partial charge in [-0.2, -0.15) is 0 Å². The summed E-state index contributed by atoms with van der Waals surface area (Å²) in [6.45, 7) is 11.3. The van der Waals surface area contributed by atoms with Crippen LogP contribution in [-0.4, -0.2) is 55.7 Å². The van der Waals surface area contributed by atoms with E-state index in [4.69, 9.17) is 5.73 Å². The Kier molecular flexibility index (Phi) is 6.68. The predicted octanol–water partition coefficient (Wildman–Crippen LogP) is 3.13. The molecule has 3 unspecified atom stereocenters. The van der Waals surface area contributed by atoms with Crippen LogP contribution in [0, 0.1) is 34.5 Å². The van der Waals surface area contributed by atoms with Gasteiger partial charge in [0.25, 0.3) is 0 Å². The summed E-state index contributed by atoms with van der Waals surface area (Å²) in [6, 6.07) is 2.01. The van der Waals surface area contributed by atoms with E-state index in [0.29, 0.717) is 12.0 Å². The second-order valence-electron chi connectivity index (χ2n) is 14.0. The summed E-state index contributed by atoms with van der Waals surface area (Å²) in [5, 5.41) is 47.1. The van der Waals surface area contributed by atoms with Gasteiger partial charge in [0.2, 0.25) is 5.91 Å². The molecular formula is C32H43NO7. The van der Waals surface area contributed by atoms with Crippen LogP contribution in [0.3, 0.4) is 0 Å². The molecule has 2 fully saturated rings. The van der Waals surface area contributed by atoms with Crippen LogP contribution in [0.2, 0.25) is 0 Å². The van der Waals surface area contributed by atoms with Crippen LogP contribution >= 0.6 is 0 Å². The number of aliphatic hydroxyl groups excluding tert-OH is 2. The largest absolute Gasteiger partial charge is 0.507 e. The van der Waals surface area contributed by atoms with Crippen molar-refractivity contribution in [2.45, 2.75) is 96.9 Å². The van der Waals surface area contributed by atoms with Crippen LogP contribution in [0.5, 0.6) is 5.75 Å². The van der Waals surface area contributed by atoms with E-state index in [1.165, 1.54) is 0 Å². The average molecular weight is 554 g/mol. The molecule has 218 valence electrons. The number of carbonyl (C=O) groups excluding carboxylic acids is 3. The second kappa shape index (κ2) is 9.23. The third-order valence-electron chi connectivity index (χ3n) is 10.9. The summed E-state index contributed by atoms with van der Waals surface area (Å²) < 4.78 is 0. The van der Waals surface area contributed by atoms with Crippen LogP contribution < -0.4 is 5.73 Å². The zero-order chi connectivity index (χ0) is 29.7. The van der Waals surface area contributed by atoms with E-state index in [2.05, 4.69) is 6.08 Å². The first kappa shape index (κ1) is 29.0. The van der Waals surface area contributed by atoms with Gasteiger partial charge in [-0.1, -0.05) is 59.8 Å². The minimum atomic E-state index is -2.50. The Morgan fingerprint density at radius 1 is 1.12 bits per heavy atom. The minimum absolute atomic E-state index is 0.0304. The summed E-state index contributed by atoms with van der Waals surface area (Å²) in [6.07, 6.45) is 2.98. The van der Waals surface area contributed by atoms with Gasteiger partial charge >= 0.3 is 0 Å². The van der Waals surface area contributed by atoms with Gasteiger partial charge in [-0.25, -0.2) is 0 Å². The maximum Gasteiger partial charge on any atom is 0.230 e. The number of primary amides is 1. The second-order valence-corrected chi connectivity index (χ2v) is 14.0. The number of ketones is 2. The van der Waals surface area contributed by atoms with Crippen molar-refractivity contribution in [3.05, 3.63) is 40.5 Å². The summed E-state index contributed by atoms with van der Waals surface area (Å²) in [7, 11) is 0. The highest BCUT2D eigenvalue weighted by molar-refractivity contribution is 6.09. The number of carbonyl (C=O) groups is 3. The van der Waals surface area contributed by atoms with Crippen molar-refractivity contribution in [3.8, 4) is 5.75 Å². The lowest BCUT2D eigenvalue weighted by molar-refractivity contribution is -0.265. The fourth-order valence-electron chi connectivity index (χ4n) is 9.34. The normalized spacial score (nSPS) is 40.8. The molecule has 0 aliphatic heterocycles. The van der Waals surface area contributed by atoms with E-state index in [9.17, 15) is 34.8 Å². The van der Waals surface area contributed by atoms with Gasteiger partial charge < -0.3 is 26.2 Å². The number of aliphatic hydroxyl groups is 3. The first-order chi connectivity index (χ1) is 18.5. The van der Waals surface area contributed by atoms with Gasteiger partial charge in [0.1, 0.15) is 17.8 Å². The molecule has 1 amide bonds. The number of phenolic OH excluding ortho intramolecular Hbond substituents is 1. The molecule has 6 N–H and O–H groups in total. The average Bonchev–Trinajstić information content (AvgIpc) is 3.35. The van der Waals surface area contributed by atoms with Gasteiger partial charge in [-0.3, -0.25) is 14.4 Å². The molecule has 4 aliphatic carbocycles. The van der Waals surface area contributed by atoms with Crippen molar-refractivity contribution in [2.75, 3.05) is 0 Å². The zero-order valence-electron chi connectivity index (χ0n) is 24.3. The van der Waals surface area contributed by atoms with Crippen LogP contribution in [0.1, 0.15) is 99.7 Å². The molecule has 2 saturated carbocycles. The number of rotatable bonds is 4. The molecule has 0 saturated heterocycles. The van der Waals surface area contributed by atoms with E-state index in [0.717, 1.165) is 24.0 Å². The highest BCUT2D eigenvalue weighted by Crippen LogP contribution is 2.66. The number of hydrogen-bond acceptors (Lipinski definition) is 7. The molecule has 8 nitrogen and oxygen atoms in total. The summed E-state index contributed by atoms with van der Waals surface area (Å²) >= 11 is 0. The molecule has 0 spiro atoms. The van der Waals surface area contributed by atoms with Gasteiger partial charge in [0.05, 0.1) is 17.6 Å². The SMILES string of the molecule is CC(C)c1cc(C2C=CCC2)c(O)c2c1C[C@]1(C)C[C@]3(C)[C@@H](C(C)C)C(O)[C@@H](C(N)=O)C(=O)[C@]3(O)C(O)[C@H]1C2=O. The van der Waals surface area contributed by atoms with Crippen molar-refractivity contribution in [1.82, 2.24) is 0 Å². The summed E-state index contributed by atoms with van der Waals surface area (Å²) in [5.41, 5.74) is 3.32. The molecule has 5 rings (SSSR count). The fourth-order valence-corrected chi connectivity index (χ4v) is 9.34. The summed E-state index contributed by atoms with van der Waals surface area (Å²) in [5.74, 6) is -6.66. The first-order valence-corrected chi connectivity index (χ1v) is 14.5. The Morgan fingerprint density at radius 2 is 1.77 bits per heavy atom. The van der Waals surface area contributed by atoms with Crippen LogP contribution in [0.4, 0.5) is 0 Å². The van der Waals surface area contributed by atoms with Crippen molar-refractivity contribution in [1.29, 1.82) is 0 Å². The Morgan fingerprint density at radius 3 is 2.30 bits per heavy atom. The van der Waals surface area contributed by atoms with Crippen molar-refractivity contribution < 1.29 is 34.8 Å². The standard InChI is InChI=1S/C32H43NO7/c1-14(2)17-11-18(16-9-7-8-10-16)24(34)20-19(17)12-30(5)13-31(6)22(15(3)4)26(36)21(29(33)39)27(37)32(31,40)28(38)23(30)25(20)35/h7,9,11,14-16,21-23,26,28,34,36,38,40H,8,10,12-13H2,1-6H3,(H2,33,39)/t16?,21-,22+,23-,26?,28?,30-,31-,32+/m1/s1. The molecule has 40 heavy (non-hydrogen) atoms. The molecule has 0 aromatic heterocycles. The Balaban J connectivity index is 1.74. The van der Waals surface area contributed by atoms with E-state index < -0.39 is 63.9 Å². The molecular weight excluding hydrogens is 510 g/mol. The Labute approximate surface area is 235 Å². The van der Waals surface area contributed by atoms with Crippen LogP contribution in [-0.2, 0) is 16.0 Å². The number of aromatic hydroxyl groups is 1. The first-order valence-electron chi connectivity index (χ1n) is 14.5. The smallest absolute Gasteiger partial charge is 0.230 e. The molecule has 9 atom stereocenters. The lowest BCUT2D eigenvalue weighted by Crippen LogP contribution is -2.79. The van der Waals surface area contributed by atoms with E-state index in [1.807, 2.05) is 46.8 Å². The quantitative estimate of drug-likeness (QED) is 0.283. The van der Waals surface area contributed by atoms with Crippen molar-refractivity contribution in [3.63, 3.8) is 0 Å². The van der Waals surface area contributed by atoms with E-state index >= 15 is 0 Å². The van der Waals surface area contributed by atoms with Gasteiger partial charge in [0, 0.05) is 16.9 Å². The number of Topliss-reactive ketones (excluding diaryl/α,β-unsaturated/α-hetero) is 2.